The van der Waals surface area contributed by atoms with Gasteiger partial charge in [0.1, 0.15) is 0 Å². The first-order valence-corrected chi connectivity index (χ1v) is 8.74. The molecule has 0 saturated heterocycles. The Morgan fingerprint density at radius 1 is 1.15 bits per heavy atom. The van der Waals surface area contributed by atoms with Crippen LogP contribution in [0.15, 0.2) is 42.5 Å². The number of benzene rings is 2. The number of ether oxygens (including phenoxy) is 1. The third-order valence-electron chi connectivity index (χ3n) is 3.87. The summed E-state index contributed by atoms with van der Waals surface area (Å²) < 4.78 is 4.89. The van der Waals surface area contributed by atoms with E-state index in [4.69, 9.17) is 16.3 Å². The molecule has 8 heteroatoms. The van der Waals surface area contributed by atoms with Gasteiger partial charge in [0, 0.05) is 35.8 Å². The van der Waals surface area contributed by atoms with E-state index in [0.717, 1.165) is 17.7 Å². The van der Waals surface area contributed by atoms with Crippen LogP contribution in [0.1, 0.15) is 40.1 Å². The summed E-state index contributed by atoms with van der Waals surface area (Å²) in [5.74, 6) is -1.16. The maximum Gasteiger partial charge on any atom is 0.338 e. The van der Waals surface area contributed by atoms with Gasteiger partial charge in [0.2, 0.25) is 0 Å². The van der Waals surface area contributed by atoms with Crippen LogP contribution in [-0.4, -0.2) is 34.9 Å². The predicted molar refractivity (Wildman–Crippen MR) is 101 cm³/mol. The van der Waals surface area contributed by atoms with Gasteiger partial charge in [-0.15, -0.1) is 0 Å². The molecule has 0 radical (unpaired) electrons. The molecule has 27 heavy (non-hydrogen) atoms. The highest BCUT2D eigenvalue weighted by Crippen LogP contribution is 2.22. The first-order chi connectivity index (χ1) is 12.9. The Bertz CT molecular complexity index is 869. The number of carbonyl (C=O) groups is 2. The maximum atomic E-state index is 12.9. The Morgan fingerprint density at radius 3 is 2.41 bits per heavy atom. The predicted octanol–water partition coefficient (Wildman–Crippen LogP) is 4.09. The number of nitro benzene ring substituents is 1. The number of hydrogen-bond acceptors (Lipinski definition) is 5. The second-order valence-electron chi connectivity index (χ2n) is 5.66. The van der Waals surface area contributed by atoms with Crippen molar-refractivity contribution in [3.8, 4) is 0 Å². The number of amides is 1. The normalized spacial score (nSPS) is 10.3. The van der Waals surface area contributed by atoms with Gasteiger partial charge in [-0.3, -0.25) is 14.9 Å². The third kappa shape index (κ3) is 5.04. The van der Waals surface area contributed by atoms with Crippen molar-refractivity contribution in [2.45, 2.75) is 20.4 Å². The van der Waals surface area contributed by atoms with Crippen molar-refractivity contribution in [2.24, 2.45) is 0 Å². The summed E-state index contributed by atoms with van der Waals surface area (Å²) >= 11 is 6.16. The van der Waals surface area contributed by atoms with E-state index in [1.165, 1.54) is 11.0 Å². The van der Waals surface area contributed by atoms with E-state index >= 15 is 0 Å². The molecule has 2 aromatic rings. The van der Waals surface area contributed by atoms with Gasteiger partial charge in [-0.05, 0) is 31.5 Å². The first kappa shape index (κ1) is 20.4. The highest BCUT2D eigenvalue weighted by atomic mass is 35.5. The molecule has 142 valence electrons. The Labute approximate surface area is 161 Å². The number of esters is 1. The molecule has 0 fully saturated rings. The minimum Gasteiger partial charge on any atom is -0.462 e. The average Bonchev–Trinajstić information content (AvgIpc) is 2.66. The minimum absolute atomic E-state index is 0.0387. The van der Waals surface area contributed by atoms with Crippen LogP contribution in [-0.2, 0) is 11.3 Å². The zero-order valence-corrected chi connectivity index (χ0v) is 15.7. The summed E-state index contributed by atoms with van der Waals surface area (Å²) in [5, 5.41) is 11.7. The molecular weight excluding hydrogens is 372 g/mol. The van der Waals surface area contributed by atoms with Crippen LogP contribution in [0.5, 0.6) is 0 Å². The van der Waals surface area contributed by atoms with Gasteiger partial charge in [0.05, 0.1) is 17.1 Å². The number of carbonyl (C=O) groups excluding carboxylic acids is 2. The fraction of sp³-hybridized carbons (Fsp3) is 0.263. The van der Waals surface area contributed by atoms with E-state index in [9.17, 15) is 19.7 Å². The van der Waals surface area contributed by atoms with Crippen molar-refractivity contribution < 1.29 is 19.2 Å². The molecule has 0 heterocycles. The highest BCUT2D eigenvalue weighted by molar-refractivity contribution is 6.31. The highest BCUT2D eigenvalue weighted by Gasteiger charge is 2.22. The Hall–Kier alpha value is -2.93. The van der Waals surface area contributed by atoms with Crippen molar-refractivity contribution >= 4 is 29.2 Å². The first-order valence-electron chi connectivity index (χ1n) is 8.36. The molecule has 0 bridgehead atoms. The summed E-state index contributed by atoms with van der Waals surface area (Å²) in [7, 11) is 0. The average molecular weight is 391 g/mol. The summed E-state index contributed by atoms with van der Waals surface area (Å²) in [6.07, 6.45) is 0. The Morgan fingerprint density at radius 2 is 1.81 bits per heavy atom. The van der Waals surface area contributed by atoms with Crippen LogP contribution in [0.3, 0.4) is 0 Å². The van der Waals surface area contributed by atoms with Crippen LogP contribution in [0, 0.1) is 10.1 Å². The van der Waals surface area contributed by atoms with E-state index < -0.39 is 16.8 Å². The largest absolute Gasteiger partial charge is 0.462 e. The smallest absolute Gasteiger partial charge is 0.338 e. The molecule has 0 aliphatic carbocycles. The summed E-state index contributed by atoms with van der Waals surface area (Å²) in [5.41, 5.74) is 0.410. The number of nitrogens with zero attached hydrogens (tertiary/aromatic N) is 2. The SMILES string of the molecule is CCOC(=O)c1cc(C(=O)N(CC)Cc2ccccc2Cl)cc([N+](=O)[O-])c1. The molecule has 0 spiro atoms. The molecule has 1 amide bonds. The summed E-state index contributed by atoms with van der Waals surface area (Å²) in [6.45, 7) is 4.15. The molecular formula is C19H19ClN2O5. The lowest BCUT2D eigenvalue weighted by Crippen LogP contribution is -2.30. The zero-order chi connectivity index (χ0) is 20.0. The quantitative estimate of drug-likeness (QED) is 0.403. The van der Waals surface area contributed by atoms with Gasteiger partial charge < -0.3 is 9.64 Å². The lowest BCUT2D eigenvalue weighted by molar-refractivity contribution is -0.384. The minimum atomic E-state index is -0.718. The molecule has 0 unspecified atom stereocenters. The van der Waals surface area contributed by atoms with Crippen molar-refractivity contribution in [2.75, 3.05) is 13.2 Å². The summed E-state index contributed by atoms with van der Waals surface area (Å²) in [6, 6.07) is 10.7. The van der Waals surface area contributed by atoms with E-state index in [1.807, 2.05) is 6.07 Å². The van der Waals surface area contributed by atoms with Crippen molar-refractivity contribution in [3.63, 3.8) is 0 Å². The molecule has 2 aromatic carbocycles. The number of non-ortho nitro benzene ring substituents is 1. The van der Waals surface area contributed by atoms with Crippen LogP contribution >= 0.6 is 11.6 Å². The van der Waals surface area contributed by atoms with E-state index in [2.05, 4.69) is 0 Å². The Balaban J connectivity index is 2.38. The van der Waals surface area contributed by atoms with Gasteiger partial charge in [-0.1, -0.05) is 29.8 Å². The fourth-order valence-electron chi connectivity index (χ4n) is 2.51. The molecule has 0 N–H and O–H groups in total. The second-order valence-corrected chi connectivity index (χ2v) is 6.06. The monoisotopic (exact) mass is 390 g/mol. The van der Waals surface area contributed by atoms with Gasteiger partial charge in [0.25, 0.3) is 11.6 Å². The topological polar surface area (TPSA) is 89.8 Å². The molecule has 2 rings (SSSR count). The number of halogens is 1. The number of nitro groups is 1. The van der Waals surface area contributed by atoms with Gasteiger partial charge in [-0.2, -0.15) is 0 Å². The van der Waals surface area contributed by atoms with Crippen LogP contribution in [0.25, 0.3) is 0 Å². The molecule has 0 aliphatic rings. The summed E-state index contributed by atoms with van der Waals surface area (Å²) in [4.78, 5) is 36.9. The van der Waals surface area contributed by atoms with Crippen molar-refractivity contribution in [1.82, 2.24) is 4.90 Å². The maximum absolute atomic E-state index is 12.9. The van der Waals surface area contributed by atoms with Crippen LogP contribution < -0.4 is 0 Å². The zero-order valence-electron chi connectivity index (χ0n) is 15.0. The lowest BCUT2D eigenvalue weighted by Gasteiger charge is -2.22. The number of rotatable bonds is 7. The van der Waals surface area contributed by atoms with Crippen LogP contribution in [0.2, 0.25) is 5.02 Å². The van der Waals surface area contributed by atoms with Crippen LogP contribution in [0.4, 0.5) is 5.69 Å². The molecule has 7 nitrogen and oxygen atoms in total. The third-order valence-corrected chi connectivity index (χ3v) is 4.24. The van der Waals surface area contributed by atoms with Gasteiger partial charge >= 0.3 is 5.97 Å². The van der Waals surface area contributed by atoms with E-state index in [-0.39, 0.29) is 30.0 Å². The molecule has 0 saturated carbocycles. The molecule has 0 aliphatic heterocycles. The standard InChI is InChI=1S/C19H19ClN2O5/c1-3-21(12-13-7-5-6-8-17(13)20)18(23)14-9-15(19(24)27-4-2)11-16(10-14)22(25)26/h5-11H,3-4,12H2,1-2H3. The fourth-order valence-corrected chi connectivity index (χ4v) is 2.71. The second kappa shape index (κ2) is 9.14. The van der Waals surface area contributed by atoms with Gasteiger partial charge in [-0.25, -0.2) is 4.79 Å². The number of hydrogen-bond donors (Lipinski definition) is 0. The molecule has 0 aromatic heterocycles. The van der Waals surface area contributed by atoms with Crippen molar-refractivity contribution in [1.29, 1.82) is 0 Å². The van der Waals surface area contributed by atoms with Gasteiger partial charge in [0.15, 0.2) is 0 Å². The lowest BCUT2D eigenvalue weighted by atomic mass is 10.1. The van der Waals surface area contributed by atoms with E-state index in [0.29, 0.717) is 11.6 Å². The molecule has 0 atom stereocenters. The van der Waals surface area contributed by atoms with E-state index in [1.54, 1.807) is 32.0 Å². The Kier molecular flexibility index (Phi) is 6.90. The van der Waals surface area contributed by atoms with Crippen molar-refractivity contribution in [3.05, 3.63) is 74.3 Å².